The molecule has 1 aromatic carbocycles. The Bertz CT molecular complexity index is 1170. The number of carboxylic acid groups (broad SMARTS) is 2. The van der Waals surface area contributed by atoms with E-state index < -0.39 is 54.3 Å². The van der Waals surface area contributed by atoms with E-state index in [1.54, 1.807) is 6.20 Å². The van der Waals surface area contributed by atoms with Crippen molar-refractivity contribution < 1.29 is 48.2 Å². The van der Waals surface area contributed by atoms with Gasteiger partial charge in [-0.05, 0) is 30.9 Å². The van der Waals surface area contributed by atoms with Gasteiger partial charge < -0.3 is 29.9 Å². The maximum absolute atomic E-state index is 13.1. The zero-order chi connectivity index (χ0) is 27.7. The Hall–Kier alpha value is -4.48. The third kappa shape index (κ3) is 7.28. The molecule has 1 aliphatic rings. The SMILES string of the molecule is COC(=O)C(c1ccccc1)C1CCCCN1C(=O)OC[n+]1cccc(C(=O)NC(CC(=O)O)C(=O)O)c1. The lowest BCUT2D eigenvalue weighted by molar-refractivity contribution is -0.727. The molecule has 3 unspecified atom stereocenters. The number of carboxylic acids is 2. The number of amides is 2. The predicted octanol–water partition coefficient (Wildman–Crippen LogP) is 1.54. The summed E-state index contributed by atoms with van der Waals surface area (Å²) in [7, 11) is 1.31. The monoisotopic (exact) mass is 528 g/mol. The number of pyridine rings is 1. The van der Waals surface area contributed by atoms with Crippen molar-refractivity contribution >= 4 is 29.9 Å². The molecule has 38 heavy (non-hydrogen) atoms. The molecular weight excluding hydrogens is 498 g/mol. The number of esters is 1. The number of rotatable bonds is 10. The minimum Gasteiger partial charge on any atom is -0.481 e. The van der Waals surface area contributed by atoms with Gasteiger partial charge in [0.2, 0.25) is 0 Å². The standard InChI is InChI=1S/C26H29N3O9/c1-37-25(35)22(17-8-3-2-4-9-17)20-11-5-6-13-29(20)26(36)38-16-28-12-7-10-18(15-28)23(32)27-19(24(33)34)14-21(30)31/h2-4,7-10,12,15,19-20,22H,5-6,11,13-14,16H2,1H3,(H2-,27,30,31,32,33,34)/p+1. The van der Waals surface area contributed by atoms with E-state index in [4.69, 9.17) is 19.7 Å². The highest BCUT2D eigenvalue weighted by Crippen LogP contribution is 2.32. The molecule has 0 radical (unpaired) electrons. The summed E-state index contributed by atoms with van der Waals surface area (Å²) in [5, 5.41) is 20.2. The summed E-state index contributed by atoms with van der Waals surface area (Å²) in [5.41, 5.74) is 0.783. The number of aromatic nitrogens is 1. The van der Waals surface area contributed by atoms with Crippen molar-refractivity contribution in [2.75, 3.05) is 13.7 Å². The maximum Gasteiger partial charge on any atom is 0.414 e. The van der Waals surface area contributed by atoms with E-state index in [9.17, 15) is 24.0 Å². The zero-order valence-corrected chi connectivity index (χ0v) is 20.8. The van der Waals surface area contributed by atoms with Crippen LogP contribution in [0.2, 0.25) is 0 Å². The van der Waals surface area contributed by atoms with Crippen molar-refractivity contribution in [3.05, 3.63) is 66.0 Å². The van der Waals surface area contributed by atoms with Crippen LogP contribution in [0.4, 0.5) is 4.79 Å². The normalized spacial score (nSPS) is 16.6. The minimum absolute atomic E-state index is 0.0471. The van der Waals surface area contributed by atoms with E-state index in [2.05, 4.69) is 5.32 Å². The lowest BCUT2D eigenvalue weighted by Crippen LogP contribution is -2.50. The number of methoxy groups -OCH3 is 1. The van der Waals surface area contributed by atoms with Crippen LogP contribution in [0.15, 0.2) is 54.9 Å². The number of nitrogens with one attached hydrogen (secondary N) is 1. The summed E-state index contributed by atoms with van der Waals surface area (Å²) < 4.78 is 12.0. The van der Waals surface area contributed by atoms with Gasteiger partial charge in [0.25, 0.3) is 12.6 Å². The minimum atomic E-state index is -1.60. The molecule has 12 nitrogen and oxygen atoms in total. The van der Waals surface area contributed by atoms with E-state index in [1.165, 1.54) is 34.9 Å². The molecule has 1 aliphatic heterocycles. The van der Waals surface area contributed by atoms with E-state index in [0.29, 0.717) is 13.0 Å². The topological polar surface area (TPSA) is 163 Å². The average Bonchev–Trinajstić information content (AvgIpc) is 2.92. The van der Waals surface area contributed by atoms with E-state index >= 15 is 0 Å². The first-order chi connectivity index (χ1) is 18.2. The number of hydrogen-bond donors (Lipinski definition) is 3. The van der Waals surface area contributed by atoms with Gasteiger partial charge in [-0.2, -0.15) is 4.57 Å². The summed E-state index contributed by atoms with van der Waals surface area (Å²) in [5.74, 6) is -4.77. The van der Waals surface area contributed by atoms with Gasteiger partial charge >= 0.3 is 24.0 Å². The number of likely N-dealkylation sites (tertiary alicyclic amines) is 1. The Morgan fingerprint density at radius 2 is 1.82 bits per heavy atom. The van der Waals surface area contributed by atoms with E-state index in [1.807, 2.05) is 30.3 Å². The Balaban J connectivity index is 1.70. The van der Waals surface area contributed by atoms with Crippen LogP contribution in [0.3, 0.4) is 0 Å². The quantitative estimate of drug-likeness (QED) is 0.306. The number of piperidine rings is 1. The van der Waals surface area contributed by atoms with Gasteiger partial charge in [-0.15, -0.1) is 0 Å². The molecule has 0 spiro atoms. The average molecular weight is 529 g/mol. The fourth-order valence-corrected chi connectivity index (χ4v) is 4.40. The molecular formula is C26H30N3O9+. The Morgan fingerprint density at radius 1 is 1.08 bits per heavy atom. The van der Waals surface area contributed by atoms with Crippen LogP contribution in [0.25, 0.3) is 0 Å². The molecule has 1 fully saturated rings. The summed E-state index contributed by atoms with van der Waals surface area (Å²) in [6.45, 7) is 0.145. The molecule has 3 N–H and O–H groups in total. The second-order valence-electron chi connectivity index (χ2n) is 8.78. The molecule has 2 heterocycles. The summed E-state index contributed by atoms with van der Waals surface area (Å²) in [6.07, 6.45) is 3.65. The summed E-state index contributed by atoms with van der Waals surface area (Å²) >= 11 is 0. The molecule has 3 rings (SSSR count). The summed E-state index contributed by atoms with van der Waals surface area (Å²) in [4.78, 5) is 62.0. The van der Waals surface area contributed by atoms with E-state index in [-0.39, 0.29) is 12.3 Å². The van der Waals surface area contributed by atoms with Crippen molar-refractivity contribution in [2.24, 2.45) is 0 Å². The van der Waals surface area contributed by atoms with Crippen LogP contribution in [0.1, 0.15) is 47.5 Å². The van der Waals surface area contributed by atoms with Crippen LogP contribution in [-0.2, 0) is 30.6 Å². The van der Waals surface area contributed by atoms with Crippen LogP contribution < -0.4 is 9.88 Å². The number of hydrogen-bond acceptors (Lipinski definition) is 7. The highest BCUT2D eigenvalue weighted by Gasteiger charge is 2.39. The third-order valence-electron chi connectivity index (χ3n) is 6.22. The molecule has 2 aromatic rings. The second-order valence-corrected chi connectivity index (χ2v) is 8.78. The lowest BCUT2D eigenvalue weighted by Gasteiger charge is -2.38. The molecule has 3 atom stereocenters. The van der Waals surface area contributed by atoms with E-state index in [0.717, 1.165) is 18.4 Å². The van der Waals surface area contributed by atoms with Crippen molar-refractivity contribution in [1.82, 2.24) is 10.2 Å². The fraction of sp³-hybridized carbons (Fsp3) is 0.385. The van der Waals surface area contributed by atoms with Gasteiger partial charge in [-0.1, -0.05) is 30.3 Å². The number of ether oxygens (including phenoxy) is 2. The van der Waals surface area contributed by atoms with Crippen LogP contribution >= 0.6 is 0 Å². The maximum atomic E-state index is 13.1. The number of carbonyl (C=O) groups is 5. The van der Waals surface area contributed by atoms with Gasteiger partial charge in [0.05, 0.1) is 19.6 Å². The molecule has 12 heteroatoms. The van der Waals surface area contributed by atoms with Gasteiger partial charge in [-0.25, -0.2) is 9.59 Å². The molecule has 1 saturated heterocycles. The predicted molar refractivity (Wildman–Crippen MR) is 130 cm³/mol. The molecule has 0 saturated carbocycles. The molecule has 0 bridgehead atoms. The number of nitrogens with zero attached hydrogens (tertiary/aromatic N) is 2. The van der Waals surface area contributed by atoms with Crippen molar-refractivity contribution in [3.63, 3.8) is 0 Å². The number of benzene rings is 1. The zero-order valence-electron chi connectivity index (χ0n) is 20.8. The van der Waals surface area contributed by atoms with Crippen LogP contribution in [-0.4, -0.2) is 70.8 Å². The Kier molecular flexibility index (Phi) is 9.74. The van der Waals surface area contributed by atoms with Crippen molar-refractivity contribution in [3.8, 4) is 0 Å². The Labute approximate surface area is 218 Å². The third-order valence-corrected chi connectivity index (χ3v) is 6.22. The molecule has 0 aliphatic carbocycles. The largest absolute Gasteiger partial charge is 0.481 e. The van der Waals surface area contributed by atoms with Gasteiger partial charge in [0, 0.05) is 12.6 Å². The smallest absolute Gasteiger partial charge is 0.414 e. The first kappa shape index (κ1) is 28.1. The van der Waals surface area contributed by atoms with Gasteiger partial charge in [-0.3, -0.25) is 14.4 Å². The van der Waals surface area contributed by atoms with Crippen LogP contribution in [0.5, 0.6) is 0 Å². The van der Waals surface area contributed by atoms with Crippen molar-refractivity contribution in [1.29, 1.82) is 0 Å². The number of aliphatic carboxylic acids is 2. The Morgan fingerprint density at radius 3 is 2.47 bits per heavy atom. The second kappa shape index (κ2) is 13.2. The fourth-order valence-electron chi connectivity index (χ4n) is 4.40. The summed E-state index contributed by atoms with van der Waals surface area (Å²) in [6, 6.07) is 9.95. The first-order valence-electron chi connectivity index (χ1n) is 12.0. The highest BCUT2D eigenvalue weighted by atomic mass is 16.6. The molecule has 1 aromatic heterocycles. The highest BCUT2D eigenvalue weighted by molar-refractivity contribution is 5.96. The van der Waals surface area contributed by atoms with Crippen LogP contribution in [0, 0.1) is 0 Å². The van der Waals surface area contributed by atoms with Gasteiger partial charge in [0.1, 0.15) is 17.5 Å². The molecule has 2 amide bonds. The number of carbonyl (C=O) groups excluding carboxylic acids is 3. The molecule has 202 valence electrons. The first-order valence-corrected chi connectivity index (χ1v) is 12.0. The lowest BCUT2D eigenvalue weighted by atomic mass is 9.85. The van der Waals surface area contributed by atoms with Crippen molar-refractivity contribution in [2.45, 2.75) is 50.4 Å². The van der Waals surface area contributed by atoms with Gasteiger partial charge in [0.15, 0.2) is 12.4 Å².